The van der Waals surface area contributed by atoms with Crippen LogP contribution in [0.15, 0.2) is 36.4 Å². The van der Waals surface area contributed by atoms with Gasteiger partial charge in [-0.3, -0.25) is 4.79 Å². The summed E-state index contributed by atoms with van der Waals surface area (Å²) in [4.78, 5) is 13.9. The van der Waals surface area contributed by atoms with Crippen molar-refractivity contribution in [2.75, 3.05) is 33.4 Å². The van der Waals surface area contributed by atoms with Crippen LogP contribution in [0.4, 0.5) is 0 Å². The van der Waals surface area contributed by atoms with Gasteiger partial charge in [0.25, 0.3) is 0 Å². The van der Waals surface area contributed by atoms with Gasteiger partial charge in [-0.2, -0.15) is 0 Å². The third-order valence-electron chi connectivity index (χ3n) is 4.22. The number of fused-ring (bicyclic) bond motifs is 1. The maximum Gasteiger partial charge on any atom is 0.224 e. The molecule has 0 aliphatic carbocycles. The van der Waals surface area contributed by atoms with E-state index in [1.807, 2.05) is 23.1 Å². The minimum absolute atomic E-state index is 0.0861. The van der Waals surface area contributed by atoms with E-state index in [0.29, 0.717) is 32.7 Å². The van der Waals surface area contributed by atoms with Crippen molar-refractivity contribution < 1.29 is 14.3 Å². The van der Waals surface area contributed by atoms with Gasteiger partial charge in [-0.25, -0.2) is 0 Å². The molecule has 0 bridgehead atoms. The van der Waals surface area contributed by atoms with Gasteiger partial charge < -0.3 is 20.1 Å². The first-order chi connectivity index (χ1) is 11.2. The lowest BCUT2D eigenvalue weighted by Gasteiger charge is -2.33. The number of nitrogens with zero attached hydrogens (tertiary/aromatic N) is 1. The molecule has 2 N–H and O–H groups in total. The smallest absolute Gasteiger partial charge is 0.224 e. The summed E-state index contributed by atoms with van der Waals surface area (Å²) in [6.07, 6.45) is 0.307. The van der Waals surface area contributed by atoms with Gasteiger partial charge in [-0.15, -0.1) is 0 Å². The van der Waals surface area contributed by atoms with Gasteiger partial charge in [0.1, 0.15) is 11.9 Å². The summed E-state index contributed by atoms with van der Waals surface area (Å²) in [6, 6.07) is 12.2. The second kappa shape index (κ2) is 6.98. The second-order valence-electron chi connectivity index (χ2n) is 5.71. The molecule has 0 aromatic heterocycles. The topological polar surface area (TPSA) is 64.8 Å². The molecule has 0 radical (unpaired) electrons. The average molecular weight is 314 g/mol. The van der Waals surface area contributed by atoms with Gasteiger partial charge >= 0.3 is 0 Å². The molecular weight excluding hydrogens is 292 g/mol. The quantitative estimate of drug-likeness (QED) is 0.938. The van der Waals surface area contributed by atoms with Gasteiger partial charge in [-0.05, 0) is 34.5 Å². The van der Waals surface area contributed by atoms with Crippen molar-refractivity contribution in [1.82, 2.24) is 4.90 Å². The Labute approximate surface area is 136 Å². The van der Waals surface area contributed by atoms with Crippen molar-refractivity contribution in [3.05, 3.63) is 42.0 Å². The van der Waals surface area contributed by atoms with E-state index in [4.69, 9.17) is 15.2 Å². The zero-order chi connectivity index (χ0) is 16.2. The van der Waals surface area contributed by atoms with Crippen LogP contribution in [-0.4, -0.2) is 44.2 Å². The number of hydrogen-bond acceptors (Lipinski definition) is 4. The Hall–Kier alpha value is -2.11. The molecular formula is C18H22N2O3. The standard InChI is InChI=1S/C18H22N2O3/c1-22-16-5-4-13-10-15(3-2-14(13)11-16)17-12-20(8-9-23-17)18(21)6-7-19/h2-5,10-11,17H,6-9,12,19H2,1H3. The Kier molecular flexibility index (Phi) is 4.79. The van der Waals surface area contributed by atoms with Crippen LogP contribution in [0, 0.1) is 0 Å². The van der Waals surface area contributed by atoms with E-state index < -0.39 is 0 Å². The molecule has 1 unspecified atom stereocenters. The molecule has 122 valence electrons. The zero-order valence-electron chi connectivity index (χ0n) is 13.3. The molecule has 23 heavy (non-hydrogen) atoms. The monoisotopic (exact) mass is 314 g/mol. The van der Waals surface area contributed by atoms with Gasteiger partial charge in [0.15, 0.2) is 0 Å². The van der Waals surface area contributed by atoms with Crippen LogP contribution in [0.3, 0.4) is 0 Å². The number of methoxy groups -OCH3 is 1. The molecule has 3 rings (SSSR count). The molecule has 5 nitrogen and oxygen atoms in total. The number of benzene rings is 2. The molecule has 0 spiro atoms. The van der Waals surface area contributed by atoms with Crippen LogP contribution in [0.25, 0.3) is 10.8 Å². The molecule has 5 heteroatoms. The van der Waals surface area contributed by atoms with E-state index in [0.717, 1.165) is 22.1 Å². The summed E-state index contributed by atoms with van der Waals surface area (Å²) in [5.41, 5.74) is 6.57. The van der Waals surface area contributed by atoms with Crippen LogP contribution >= 0.6 is 0 Å². The normalized spacial score (nSPS) is 18.2. The number of amides is 1. The van der Waals surface area contributed by atoms with Gasteiger partial charge in [0.05, 0.1) is 20.3 Å². The Morgan fingerprint density at radius 3 is 2.87 bits per heavy atom. The largest absolute Gasteiger partial charge is 0.497 e. The second-order valence-corrected chi connectivity index (χ2v) is 5.71. The Bertz CT molecular complexity index is 702. The van der Waals surface area contributed by atoms with Crippen molar-refractivity contribution in [2.45, 2.75) is 12.5 Å². The van der Waals surface area contributed by atoms with E-state index in [1.54, 1.807) is 7.11 Å². The Morgan fingerprint density at radius 2 is 2.09 bits per heavy atom. The predicted molar refractivity (Wildman–Crippen MR) is 89.4 cm³/mol. The first-order valence-corrected chi connectivity index (χ1v) is 7.88. The van der Waals surface area contributed by atoms with Crippen LogP contribution in [0.1, 0.15) is 18.1 Å². The van der Waals surface area contributed by atoms with Gasteiger partial charge in [-0.1, -0.05) is 18.2 Å². The van der Waals surface area contributed by atoms with Crippen LogP contribution < -0.4 is 10.5 Å². The molecule has 1 aliphatic rings. The lowest BCUT2D eigenvalue weighted by atomic mass is 10.0. The maximum atomic E-state index is 12.0. The van der Waals surface area contributed by atoms with Gasteiger partial charge in [0.2, 0.25) is 5.91 Å². The highest BCUT2D eigenvalue weighted by molar-refractivity contribution is 5.84. The third-order valence-corrected chi connectivity index (χ3v) is 4.22. The number of morpholine rings is 1. The van der Waals surface area contributed by atoms with E-state index >= 15 is 0 Å². The molecule has 2 aromatic carbocycles. The highest BCUT2D eigenvalue weighted by atomic mass is 16.5. The fourth-order valence-corrected chi connectivity index (χ4v) is 2.93. The van der Waals surface area contributed by atoms with E-state index in [1.165, 1.54) is 0 Å². The maximum absolute atomic E-state index is 12.0. The number of nitrogens with two attached hydrogens (primary N) is 1. The molecule has 1 atom stereocenters. The molecule has 0 saturated carbocycles. The Morgan fingerprint density at radius 1 is 1.30 bits per heavy atom. The van der Waals surface area contributed by atoms with Gasteiger partial charge in [0, 0.05) is 19.5 Å². The van der Waals surface area contributed by atoms with Crippen LogP contribution in [0.2, 0.25) is 0 Å². The first kappa shape index (κ1) is 15.8. The summed E-state index contributed by atoms with van der Waals surface area (Å²) < 4.78 is 11.1. The summed E-state index contributed by atoms with van der Waals surface area (Å²) in [6.45, 7) is 2.17. The molecule has 1 fully saturated rings. The van der Waals surface area contributed by atoms with Crippen molar-refractivity contribution >= 4 is 16.7 Å². The molecule has 1 saturated heterocycles. The van der Waals surface area contributed by atoms with Crippen molar-refractivity contribution in [3.8, 4) is 5.75 Å². The molecule has 2 aromatic rings. The number of carbonyl (C=O) groups excluding carboxylic acids is 1. The van der Waals surface area contributed by atoms with Crippen LogP contribution in [0.5, 0.6) is 5.75 Å². The average Bonchev–Trinajstić information content (AvgIpc) is 2.61. The fraction of sp³-hybridized carbons (Fsp3) is 0.389. The van der Waals surface area contributed by atoms with Crippen LogP contribution in [-0.2, 0) is 9.53 Å². The Balaban J connectivity index is 1.80. The van der Waals surface area contributed by atoms with E-state index in [-0.39, 0.29) is 12.0 Å². The van der Waals surface area contributed by atoms with Crippen molar-refractivity contribution in [3.63, 3.8) is 0 Å². The lowest BCUT2D eigenvalue weighted by Crippen LogP contribution is -2.42. The minimum atomic E-state index is -0.0861. The summed E-state index contributed by atoms with van der Waals surface area (Å²) in [5.74, 6) is 0.948. The molecule has 1 aliphatic heterocycles. The number of ether oxygens (including phenoxy) is 2. The fourth-order valence-electron chi connectivity index (χ4n) is 2.93. The molecule has 1 heterocycles. The van der Waals surface area contributed by atoms with E-state index in [9.17, 15) is 4.79 Å². The number of hydrogen-bond donors (Lipinski definition) is 1. The summed E-state index contributed by atoms with van der Waals surface area (Å²) in [5, 5.41) is 2.26. The first-order valence-electron chi connectivity index (χ1n) is 7.88. The minimum Gasteiger partial charge on any atom is -0.497 e. The lowest BCUT2D eigenvalue weighted by molar-refractivity contribution is -0.138. The highest BCUT2D eigenvalue weighted by Crippen LogP contribution is 2.28. The third kappa shape index (κ3) is 3.46. The zero-order valence-corrected chi connectivity index (χ0v) is 13.3. The molecule has 1 amide bonds. The predicted octanol–water partition coefficient (Wildman–Crippen LogP) is 2.10. The SMILES string of the molecule is COc1ccc2cc(C3CN(C(=O)CCN)CCO3)ccc2c1. The van der Waals surface area contributed by atoms with Crippen molar-refractivity contribution in [2.24, 2.45) is 5.73 Å². The summed E-state index contributed by atoms with van der Waals surface area (Å²) in [7, 11) is 1.67. The summed E-state index contributed by atoms with van der Waals surface area (Å²) >= 11 is 0. The number of carbonyl (C=O) groups is 1. The van der Waals surface area contributed by atoms with E-state index in [2.05, 4.69) is 18.2 Å². The highest BCUT2D eigenvalue weighted by Gasteiger charge is 2.25. The number of rotatable bonds is 4. The van der Waals surface area contributed by atoms with Crippen molar-refractivity contribution in [1.29, 1.82) is 0 Å².